The summed E-state index contributed by atoms with van der Waals surface area (Å²) < 4.78 is 0. The van der Waals surface area contributed by atoms with Crippen LogP contribution in [0.1, 0.15) is 63.5 Å². The average Bonchev–Trinajstić information content (AvgIpc) is 3.17. The molecule has 0 spiro atoms. The van der Waals surface area contributed by atoms with Crippen molar-refractivity contribution >= 4 is 23.8 Å². The van der Waals surface area contributed by atoms with Crippen molar-refractivity contribution in [3.05, 3.63) is 71.8 Å². The first-order valence-corrected chi connectivity index (χ1v) is 12.2. The quantitative estimate of drug-likeness (QED) is 0.454. The second-order valence-corrected chi connectivity index (χ2v) is 8.89. The number of rotatable bonds is 11. The summed E-state index contributed by atoms with van der Waals surface area (Å²) in [7, 11) is 0. The number of aryl methyl sites for hydroxylation is 2. The molecule has 1 N–H and O–H groups in total. The number of carbonyl (C=O) groups is 4. The lowest BCUT2D eigenvalue weighted by Crippen LogP contribution is -2.34. The van der Waals surface area contributed by atoms with E-state index in [-0.39, 0.29) is 24.7 Å². The maximum absolute atomic E-state index is 11.9. The van der Waals surface area contributed by atoms with Gasteiger partial charge in [0.05, 0.1) is 11.8 Å². The molecule has 2 amide bonds. The highest BCUT2D eigenvalue weighted by Crippen LogP contribution is 2.17. The highest BCUT2D eigenvalue weighted by Gasteiger charge is 2.33. The van der Waals surface area contributed by atoms with E-state index >= 15 is 0 Å². The topological polar surface area (TPSA) is 101 Å². The number of carboxylic acids is 1. The maximum atomic E-state index is 11.9. The molecule has 0 aromatic heterocycles. The fraction of sp³-hybridized carbons (Fsp3) is 0.429. The Labute approximate surface area is 207 Å². The normalized spacial score (nSPS) is 14.6. The van der Waals surface area contributed by atoms with Crippen molar-refractivity contribution in [2.45, 2.75) is 65.2 Å². The van der Waals surface area contributed by atoms with Crippen molar-refractivity contribution in [1.29, 1.82) is 0 Å². The summed E-state index contributed by atoms with van der Waals surface area (Å²) in [6, 6.07) is 20.2. The van der Waals surface area contributed by atoms with E-state index in [0.29, 0.717) is 11.5 Å². The first-order valence-electron chi connectivity index (χ1n) is 12.2. The molecule has 35 heavy (non-hydrogen) atoms. The highest BCUT2D eigenvalue weighted by atomic mass is 16.7. The Morgan fingerprint density at radius 2 is 1.23 bits per heavy atom. The zero-order valence-corrected chi connectivity index (χ0v) is 20.5. The van der Waals surface area contributed by atoms with Gasteiger partial charge in [0.15, 0.2) is 0 Å². The Balaban J connectivity index is 0.000000269. The van der Waals surface area contributed by atoms with Crippen LogP contribution in [0.2, 0.25) is 0 Å². The van der Waals surface area contributed by atoms with E-state index in [4.69, 9.17) is 9.94 Å². The van der Waals surface area contributed by atoms with Crippen LogP contribution < -0.4 is 0 Å². The molecule has 188 valence electrons. The molecule has 3 rings (SSSR count). The molecule has 2 atom stereocenters. The van der Waals surface area contributed by atoms with Crippen molar-refractivity contribution in [2.24, 2.45) is 11.8 Å². The number of nitrogens with zero attached hydrogens (tertiary/aromatic N) is 1. The molecule has 0 aliphatic carbocycles. The van der Waals surface area contributed by atoms with Crippen LogP contribution in [0.3, 0.4) is 0 Å². The fourth-order valence-electron chi connectivity index (χ4n) is 3.59. The maximum Gasteiger partial charge on any atom is 0.335 e. The van der Waals surface area contributed by atoms with Crippen molar-refractivity contribution in [2.75, 3.05) is 0 Å². The van der Waals surface area contributed by atoms with E-state index in [9.17, 15) is 19.2 Å². The number of imide groups is 1. The van der Waals surface area contributed by atoms with Crippen molar-refractivity contribution in [1.82, 2.24) is 5.06 Å². The van der Waals surface area contributed by atoms with E-state index in [1.54, 1.807) is 13.8 Å². The fourth-order valence-corrected chi connectivity index (χ4v) is 3.59. The third-order valence-corrected chi connectivity index (χ3v) is 5.90. The first-order chi connectivity index (χ1) is 16.8. The van der Waals surface area contributed by atoms with Crippen LogP contribution in [0.15, 0.2) is 60.7 Å². The number of amides is 2. The van der Waals surface area contributed by atoms with Gasteiger partial charge in [-0.3, -0.25) is 14.4 Å². The Hall–Kier alpha value is -3.48. The smallest absolute Gasteiger partial charge is 0.335 e. The van der Waals surface area contributed by atoms with E-state index in [1.165, 1.54) is 11.1 Å². The van der Waals surface area contributed by atoms with Crippen molar-refractivity contribution < 1.29 is 29.1 Å². The minimum absolute atomic E-state index is 0.120. The lowest BCUT2D eigenvalue weighted by Gasteiger charge is -2.16. The molecule has 1 fully saturated rings. The van der Waals surface area contributed by atoms with Gasteiger partial charge in [0.2, 0.25) is 0 Å². The highest BCUT2D eigenvalue weighted by molar-refractivity contribution is 6.01. The molecule has 1 aliphatic rings. The van der Waals surface area contributed by atoms with Gasteiger partial charge < -0.3 is 9.94 Å². The molecule has 1 saturated heterocycles. The van der Waals surface area contributed by atoms with Gasteiger partial charge in [0.1, 0.15) is 0 Å². The predicted molar refractivity (Wildman–Crippen MR) is 132 cm³/mol. The Bertz CT molecular complexity index is 944. The number of hydroxylamine groups is 2. The lowest BCUT2D eigenvalue weighted by molar-refractivity contribution is -0.200. The lowest BCUT2D eigenvalue weighted by atomic mass is 10.0. The monoisotopic (exact) mass is 481 g/mol. The third kappa shape index (κ3) is 10.1. The number of hydrogen-bond acceptors (Lipinski definition) is 5. The third-order valence-electron chi connectivity index (χ3n) is 5.90. The number of carboxylic acid groups (broad SMARTS) is 1. The Morgan fingerprint density at radius 1 is 0.800 bits per heavy atom. The van der Waals surface area contributed by atoms with Gasteiger partial charge >= 0.3 is 11.9 Å². The molecule has 2 aromatic rings. The van der Waals surface area contributed by atoms with Gasteiger partial charge in [0, 0.05) is 12.8 Å². The van der Waals surface area contributed by atoms with Crippen LogP contribution in [-0.2, 0) is 36.9 Å². The number of benzene rings is 2. The molecule has 0 radical (unpaired) electrons. The summed E-state index contributed by atoms with van der Waals surface area (Å²) in [5.41, 5.74) is 2.51. The molecule has 2 aromatic carbocycles. The number of carbonyl (C=O) groups excluding carboxylic acids is 3. The summed E-state index contributed by atoms with van der Waals surface area (Å²) in [6.45, 7) is 3.51. The van der Waals surface area contributed by atoms with Gasteiger partial charge in [-0.25, -0.2) is 4.79 Å². The van der Waals surface area contributed by atoms with Crippen LogP contribution in [0.5, 0.6) is 0 Å². The Morgan fingerprint density at radius 3 is 1.66 bits per heavy atom. The zero-order chi connectivity index (χ0) is 25.6. The summed E-state index contributed by atoms with van der Waals surface area (Å²) in [4.78, 5) is 50.0. The SMILES string of the molecule is C[C@@H](CCCc1ccccc1)C(=O)O.C[C@@H](CCCc1ccccc1)C(=O)ON1C(=O)CCC1=O. The number of hydrogen-bond donors (Lipinski definition) is 1. The van der Waals surface area contributed by atoms with E-state index in [2.05, 4.69) is 12.1 Å². The zero-order valence-electron chi connectivity index (χ0n) is 20.5. The Kier molecular flexibility index (Phi) is 11.7. The summed E-state index contributed by atoms with van der Waals surface area (Å²) >= 11 is 0. The van der Waals surface area contributed by atoms with Gasteiger partial charge in [-0.2, -0.15) is 0 Å². The van der Waals surface area contributed by atoms with Gasteiger partial charge in [0.25, 0.3) is 11.8 Å². The molecule has 7 nitrogen and oxygen atoms in total. The second-order valence-electron chi connectivity index (χ2n) is 8.89. The van der Waals surface area contributed by atoms with E-state index in [0.717, 1.165) is 32.1 Å². The van der Waals surface area contributed by atoms with Crippen LogP contribution in [0.25, 0.3) is 0 Å². The molecule has 1 aliphatic heterocycles. The molecule has 0 unspecified atom stereocenters. The number of aliphatic carboxylic acids is 1. The van der Waals surface area contributed by atoms with Crippen molar-refractivity contribution in [3.8, 4) is 0 Å². The van der Waals surface area contributed by atoms with Crippen LogP contribution >= 0.6 is 0 Å². The molecule has 0 saturated carbocycles. The standard InChI is InChI=1S/C16H19NO4.C12H16O2/c1-12(6-5-9-13-7-3-2-4-8-13)16(20)21-17-14(18)10-11-15(17)19;1-10(12(13)14)6-5-9-11-7-3-2-4-8-11/h2-4,7-8,12H,5-6,9-11H2,1H3;2-4,7-8,10H,5-6,9H2,1H3,(H,13,14)/t12-;10-/m00/s1. The average molecular weight is 482 g/mol. The molecule has 0 bridgehead atoms. The molecule has 7 heteroatoms. The predicted octanol–water partition coefficient (Wildman–Crippen LogP) is 4.98. The largest absolute Gasteiger partial charge is 0.481 e. The van der Waals surface area contributed by atoms with Gasteiger partial charge in [-0.05, 0) is 49.7 Å². The summed E-state index contributed by atoms with van der Waals surface area (Å²) in [6.07, 6.45) is 5.30. The van der Waals surface area contributed by atoms with Gasteiger partial charge in [-0.1, -0.05) is 74.5 Å². The first kappa shape index (κ1) is 27.8. The second kappa shape index (κ2) is 14.7. The summed E-state index contributed by atoms with van der Waals surface area (Å²) in [5, 5.41) is 9.29. The minimum atomic E-state index is -0.696. The summed E-state index contributed by atoms with van der Waals surface area (Å²) in [5.74, 6) is -2.66. The van der Waals surface area contributed by atoms with Gasteiger partial charge in [-0.15, -0.1) is 5.06 Å². The minimum Gasteiger partial charge on any atom is -0.481 e. The van der Waals surface area contributed by atoms with E-state index < -0.39 is 23.8 Å². The molecular weight excluding hydrogens is 446 g/mol. The van der Waals surface area contributed by atoms with Crippen LogP contribution in [0.4, 0.5) is 0 Å². The van der Waals surface area contributed by atoms with E-state index in [1.807, 2.05) is 48.5 Å². The van der Waals surface area contributed by atoms with Crippen LogP contribution in [0, 0.1) is 11.8 Å². The van der Waals surface area contributed by atoms with Crippen molar-refractivity contribution in [3.63, 3.8) is 0 Å². The van der Waals surface area contributed by atoms with Crippen LogP contribution in [-0.4, -0.2) is 33.9 Å². The molecule has 1 heterocycles. The molecular formula is C28H35NO6.